The van der Waals surface area contributed by atoms with Crippen LogP contribution in [0.25, 0.3) is 0 Å². The van der Waals surface area contributed by atoms with Crippen LogP contribution in [0.15, 0.2) is 24.3 Å². The third-order valence-corrected chi connectivity index (χ3v) is 3.82. The highest BCUT2D eigenvalue weighted by atomic mass is 16.5. The van der Waals surface area contributed by atoms with Gasteiger partial charge in [-0.1, -0.05) is 26.0 Å². The average Bonchev–Trinajstić information content (AvgIpc) is 3.30. The third kappa shape index (κ3) is 3.97. The molecule has 2 atom stereocenters. The minimum Gasteiger partial charge on any atom is -0.494 e. The number of methoxy groups -OCH3 is 1. The zero-order chi connectivity index (χ0) is 14.4. The Hall–Kier alpha value is -1.06. The van der Waals surface area contributed by atoms with Crippen LogP contribution in [0.5, 0.6) is 5.75 Å². The molecule has 1 N–H and O–H groups in total. The molecule has 0 heterocycles. The molecule has 2 rings (SSSR count). The van der Waals surface area contributed by atoms with Crippen molar-refractivity contribution in [1.29, 1.82) is 0 Å². The van der Waals surface area contributed by atoms with Gasteiger partial charge in [0, 0.05) is 7.11 Å². The van der Waals surface area contributed by atoms with Crippen LogP contribution in [0.1, 0.15) is 44.7 Å². The van der Waals surface area contributed by atoms with E-state index in [1.807, 2.05) is 7.11 Å². The van der Waals surface area contributed by atoms with Crippen LogP contribution in [0.3, 0.4) is 0 Å². The Morgan fingerprint density at radius 1 is 1.20 bits per heavy atom. The van der Waals surface area contributed by atoms with Crippen LogP contribution < -0.4 is 10.1 Å². The second-order valence-corrected chi connectivity index (χ2v) is 5.49. The molecule has 0 aliphatic heterocycles. The van der Waals surface area contributed by atoms with Gasteiger partial charge in [-0.2, -0.15) is 0 Å². The van der Waals surface area contributed by atoms with Crippen molar-refractivity contribution < 1.29 is 9.47 Å². The van der Waals surface area contributed by atoms with Crippen LogP contribution in [0, 0.1) is 5.92 Å². The predicted octanol–water partition coefficient (Wildman–Crippen LogP) is 3.55. The Balaban J connectivity index is 2.07. The molecule has 0 spiro atoms. The van der Waals surface area contributed by atoms with Gasteiger partial charge in [0.1, 0.15) is 5.75 Å². The lowest BCUT2D eigenvalue weighted by Crippen LogP contribution is -2.34. The van der Waals surface area contributed by atoms with Crippen molar-refractivity contribution in [2.24, 2.45) is 5.92 Å². The molecule has 1 aliphatic rings. The number of nitrogens with one attached hydrogen (secondary N) is 1. The van der Waals surface area contributed by atoms with Gasteiger partial charge in [-0.15, -0.1) is 0 Å². The molecule has 1 fully saturated rings. The second kappa shape index (κ2) is 7.65. The van der Waals surface area contributed by atoms with Gasteiger partial charge >= 0.3 is 0 Å². The van der Waals surface area contributed by atoms with Gasteiger partial charge in [0.15, 0.2) is 0 Å². The first kappa shape index (κ1) is 15.3. The fourth-order valence-corrected chi connectivity index (χ4v) is 2.66. The summed E-state index contributed by atoms with van der Waals surface area (Å²) < 4.78 is 11.4. The average molecular weight is 277 g/mol. The molecular formula is C17H27NO2. The van der Waals surface area contributed by atoms with E-state index in [4.69, 9.17) is 9.47 Å². The maximum atomic E-state index is 5.74. The maximum Gasteiger partial charge on any atom is 0.119 e. The van der Waals surface area contributed by atoms with Crippen molar-refractivity contribution >= 4 is 0 Å². The van der Waals surface area contributed by atoms with E-state index in [1.54, 1.807) is 0 Å². The quantitative estimate of drug-likeness (QED) is 0.749. The van der Waals surface area contributed by atoms with Gasteiger partial charge in [-0.3, -0.25) is 0 Å². The molecule has 1 aliphatic carbocycles. The standard InChI is InChI=1S/C17H27NO2/c1-4-12-20-15-10-8-13(9-11-15)16(18-5-2)17(19-3)14-6-7-14/h8-11,14,16-18H,4-7,12H2,1-3H3. The van der Waals surface area contributed by atoms with Gasteiger partial charge < -0.3 is 14.8 Å². The highest BCUT2D eigenvalue weighted by Gasteiger charge is 2.37. The molecular weight excluding hydrogens is 250 g/mol. The van der Waals surface area contributed by atoms with Gasteiger partial charge in [0.25, 0.3) is 0 Å². The van der Waals surface area contributed by atoms with E-state index in [-0.39, 0.29) is 12.1 Å². The van der Waals surface area contributed by atoms with Crippen molar-refractivity contribution in [2.45, 2.75) is 45.3 Å². The predicted molar refractivity (Wildman–Crippen MR) is 82.2 cm³/mol. The summed E-state index contributed by atoms with van der Waals surface area (Å²) in [4.78, 5) is 0. The van der Waals surface area contributed by atoms with Crippen molar-refractivity contribution in [3.05, 3.63) is 29.8 Å². The molecule has 3 heteroatoms. The van der Waals surface area contributed by atoms with Crippen molar-refractivity contribution in [3.63, 3.8) is 0 Å². The van der Waals surface area contributed by atoms with Crippen LogP contribution in [0.4, 0.5) is 0 Å². The van der Waals surface area contributed by atoms with Crippen LogP contribution >= 0.6 is 0 Å². The molecule has 0 aromatic heterocycles. The van der Waals surface area contributed by atoms with Crippen LogP contribution in [-0.2, 0) is 4.74 Å². The molecule has 2 unspecified atom stereocenters. The minimum atomic E-state index is 0.275. The topological polar surface area (TPSA) is 30.5 Å². The lowest BCUT2D eigenvalue weighted by atomic mass is 9.98. The Morgan fingerprint density at radius 3 is 2.40 bits per heavy atom. The van der Waals surface area contributed by atoms with E-state index >= 15 is 0 Å². The summed E-state index contributed by atoms with van der Waals surface area (Å²) >= 11 is 0. The van der Waals surface area contributed by atoms with Gasteiger partial charge in [-0.25, -0.2) is 0 Å². The van der Waals surface area contributed by atoms with E-state index in [9.17, 15) is 0 Å². The Kier molecular flexibility index (Phi) is 5.86. The summed E-state index contributed by atoms with van der Waals surface area (Å²) in [7, 11) is 1.83. The molecule has 0 bridgehead atoms. The largest absolute Gasteiger partial charge is 0.494 e. The molecule has 1 saturated carbocycles. The number of ether oxygens (including phenoxy) is 2. The number of hydrogen-bond donors (Lipinski definition) is 1. The first-order chi connectivity index (χ1) is 9.80. The van der Waals surface area contributed by atoms with Gasteiger partial charge in [0.2, 0.25) is 0 Å². The number of hydrogen-bond acceptors (Lipinski definition) is 3. The molecule has 0 amide bonds. The van der Waals surface area contributed by atoms with Crippen molar-refractivity contribution in [2.75, 3.05) is 20.3 Å². The van der Waals surface area contributed by atoms with Gasteiger partial charge in [-0.05, 0) is 49.4 Å². The highest BCUT2D eigenvalue weighted by Crippen LogP contribution is 2.39. The molecule has 20 heavy (non-hydrogen) atoms. The summed E-state index contributed by atoms with van der Waals surface area (Å²) in [6.07, 6.45) is 3.89. The van der Waals surface area contributed by atoms with E-state index in [2.05, 4.69) is 43.4 Å². The van der Waals surface area contributed by atoms with Gasteiger partial charge in [0.05, 0.1) is 18.8 Å². The van der Waals surface area contributed by atoms with Crippen molar-refractivity contribution in [1.82, 2.24) is 5.32 Å². The molecule has 0 radical (unpaired) electrons. The minimum absolute atomic E-state index is 0.275. The lowest BCUT2D eigenvalue weighted by Gasteiger charge is -2.27. The molecule has 112 valence electrons. The summed E-state index contributed by atoms with van der Waals surface area (Å²) in [6, 6.07) is 8.72. The van der Waals surface area contributed by atoms with Crippen molar-refractivity contribution in [3.8, 4) is 5.75 Å². The van der Waals surface area contributed by atoms with Crippen LogP contribution in [-0.4, -0.2) is 26.4 Å². The number of benzene rings is 1. The summed E-state index contributed by atoms with van der Waals surface area (Å²) in [5.74, 6) is 1.66. The monoisotopic (exact) mass is 277 g/mol. The number of rotatable bonds is 9. The zero-order valence-corrected chi connectivity index (χ0v) is 12.9. The van der Waals surface area contributed by atoms with E-state index in [0.29, 0.717) is 5.92 Å². The van der Waals surface area contributed by atoms with E-state index in [0.717, 1.165) is 25.3 Å². The van der Waals surface area contributed by atoms with Crippen LogP contribution in [0.2, 0.25) is 0 Å². The zero-order valence-electron chi connectivity index (χ0n) is 12.9. The third-order valence-electron chi connectivity index (χ3n) is 3.82. The summed E-state index contributed by atoms with van der Waals surface area (Å²) in [6.45, 7) is 5.99. The summed E-state index contributed by atoms with van der Waals surface area (Å²) in [5, 5.41) is 3.57. The molecule has 3 nitrogen and oxygen atoms in total. The Labute approximate surface area is 122 Å². The normalized spacial score (nSPS) is 17.8. The number of likely N-dealkylation sites (N-methyl/N-ethyl adjacent to an activating group) is 1. The Morgan fingerprint density at radius 2 is 1.90 bits per heavy atom. The van der Waals surface area contributed by atoms with E-state index in [1.165, 1.54) is 18.4 Å². The fourth-order valence-electron chi connectivity index (χ4n) is 2.66. The smallest absolute Gasteiger partial charge is 0.119 e. The first-order valence-corrected chi connectivity index (χ1v) is 7.79. The first-order valence-electron chi connectivity index (χ1n) is 7.79. The second-order valence-electron chi connectivity index (χ2n) is 5.49. The lowest BCUT2D eigenvalue weighted by molar-refractivity contribution is 0.0511. The highest BCUT2D eigenvalue weighted by molar-refractivity contribution is 5.30. The van der Waals surface area contributed by atoms with E-state index < -0.39 is 0 Å². The molecule has 0 saturated heterocycles. The molecule has 1 aromatic carbocycles. The maximum absolute atomic E-state index is 5.74. The Bertz CT molecular complexity index is 386. The SMILES string of the molecule is CCCOc1ccc(C(NCC)C(OC)C2CC2)cc1. The molecule has 1 aromatic rings. The fraction of sp³-hybridized carbons (Fsp3) is 0.647. The summed E-state index contributed by atoms with van der Waals surface area (Å²) in [5.41, 5.74) is 1.29.